The highest BCUT2D eigenvalue weighted by molar-refractivity contribution is 7.51. The fourth-order valence-corrected chi connectivity index (χ4v) is 3.40. The molecule has 5 heteroatoms. The number of hydrogen-bond acceptors (Lipinski definition) is 3. The lowest BCUT2D eigenvalue weighted by Gasteiger charge is -2.23. The van der Waals surface area contributed by atoms with Gasteiger partial charge in [0.05, 0.1) is 0 Å². The Bertz CT molecular complexity index is 254. The Morgan fingerprint density at radius 2 is 1.20 bits per heavy atom. The normalized spacial score (nSPS) is 12.2. The average Bonchev–Trinajstić information content (AvgIpc) is 2.48. The van der Waals surface area contributed by atoms with Gasteiger partial charge in [0.2, 0.25) is 0 Å². The predicted molar refractivity (Wildman–Crippen MR) is 86.1 cm³/mol. The highest BCUT2D eigenvalue weighted by atomic mass is 31.2. The maximum atomic E-state index is 12.0. The maximum Gasteiger partial charge on any atom is 0.407 e. The molecule has 0 radical (unpaired) electrons. The quantitative estimate of drug-likeness (QED) is 0.325. The number of hydrogen-bond donors (Lipinski definition) is 0. The van der Waals surface area contributed by atoms with E-state index in [9.17, 15) is 4.57 Å². The van der Waals surface area contributed by atoms with Crippen molar-refractivity contribution in [1.29, 1.82) is 0 Å². The second-order valence-corrected chi connectivity index (χ2v) is 7.75. The summed E-state index contributed by atoms with van der Waals surface area (Å²) in [6.45, 7) is 3.01. The molecular weight excluding hydrogens is 273 g/mol. The Morgan fingerprint density at radius 1 is 0.800 bits per heavy atom. The van der Waals surface area contributed by atoms with Crippen molar-refractivity contribution < 1.29 is 13.6 Å². The summed E-state index contributed by atoms with van der Waals surface area (Å²) in [5.74, 6) is 0. The van der Waals surface area contributed by atoms with Gasteiger partial charge in [-0.15, -0.1) is 0 Å². The van der Waals surface area contributed by atoms with Crippen molar-refractivity contribution in [1.82, 2.24) is 4.67 Å². The van der Waals surface area contributed by atoms with Gasteiger partial charge in [0, 0.05) is 20.8 Å². The molecule has 122 valence electrons. The lowest BCUT2D eigenvalue weighted by atomic mass is 10.1. The van der Waals surface area contributed by atoms with Crippen molar-refractivity contribution in [2.24, 2.45) is 0 Å². The van der Waals surface area contributed by atoms with E-state index in [1.165, 1.54) is 72.0 Å². The lowest BCUT2D eigenvalue weighted by molar-refractivity contribution is 0.219. The standard InChI is InChI=1S/C15H34NO3P/c1-5-6-7-8-9-10-11-12-13-14-15-16(2)20(17,18-3)19-4/h5-15H2,1-4H3. The molecule has 0 aromatic rings. The number of unbranched alkanes of at least 4 members (excludes halogenated alkanes) is 9. The summed E-state index contributed by atoms with van der Waals surface area (Å²) in [6, 6.07) is 0. The van der Waals surface area contributed by atoms with Crippen LogP contribution in [-0.2, 0) is 13.6 Å². The molecule has 4 nitrogen and oxygen atoms in total. The maximum absolute atomic E-state index is 12.0. The first-order valence-electron chi connectivity index (χ1n) is 8.03. The predicted octanol–water partition coefficient (Wildman–Crippen LogP) is 5.24. The molecule has 0 aliphatic carbocycles. The Balaban J connectivity index is 3.42. The van der Waals surface area contributed by atoms with Gasteiger partial charge in [-0.2, -0.15) is 0 Å². The fourth-order valence-electron chi connectivity index (χ4n) is 2.30. The molecule has 0 heterocycles. The van der Waals surface area contributed by atoms with E-state index in [1.807, 2.05) is 0 Å². The van der Waals surface area contributed by atoms with Crippen LogP contribution in [0.5, 0.6) is 0 Å². The number of rotatable bonds is 14. The van der Waals surface area contributed by atoms with Crippen LogP contribution in [0, 0.1) is 0 Å². The largest absolute Gasteiger partial charge is 0.407 e. The zero-order chi connectivity index (χ0) is 15.3. The minimum Gasteiger partial charge on any atom is -0.300 e. The third kappa shape index (κ3) is 9.12. The van der Waals surface area contributed by atoms with E-state index in [0.29, 0.717) is 0 Å². The molecule has 0 aromatic heterocycles. The first-order chi connectivity index (χ1) is 9.60. The summed E-state index contributed by atoms with van der Waals surface area (Å²) < 4.78 is 23.6. The Morgan fingerprint density at radius 3 is 1.60 bits per heavy atom. The van der Waals surface area contributed by atoms with Gasteiger partial charge >= 0.3 is 7.75 Å². The molecule has 0 aromatic carbocycles. The summed E-state index contributed by atoms with van der Waals surface area (Å²) in [7, 11) is 1.64. The van der Waals surface area contributed by atoms with Crippen LogP contribution in [0.2, 0.25) is 0 Å². The van der Waals surface area contributed by atoms with Crippen LogP contribution in [0.3, 0.4) is 0 Å². The molecule has 0 bridgehead atoms. The molecule has 0 atom stereocenters. The van der Waals surface area contributed by atoms with Gasteiger partial charge in [-0.1, -0.05) is 64.7 Å². The minimum absolute atomic E-state index is 0.759. The molecule has 0 aliphatic rings. The summed E-state index contributed by atoms with van der Waals surface area (Å²) >= 11 is 0. The summed E-state index contributed by atoms with van der Waals surface area (Å²) in [6.07, 6.45) is 13.0. The van der Waals surface area contributed by atoms with Crippen molar-refractivity contribution >= 4 is 7.75 Å². The van der Waals surface area contributed by atoms with E-state index < -0.39 is 7.75 Å². The van der Waals surface area contributed by atoms with Gasteiger partial charge in [0.25, 0.3) is 0 Å². The highest BCUT2D eigenvalue weighted by Gasteiger charge is 2.26. The molecule has 0 unspecified atom stereocenters. The van der Waals surface area contributed by atoms with E-state index >= 15 is 0 Å². The van der Waals surface area contributed by atoms with Gasteiger partial charge in [-0.05, 0) is 13.5 Å². The molecule has 0 N–H and O–H groups in total. The molecule has 0 fully saturated rings. The second-order valence-electron chi connectivity index (χ2n) is 5.40. The lowest BCUT2D eigenvalue weighted by Crippen LogP contribution is -2.18. The Hall–Kier alpha value is 0.110. The van der Waals surface area contributed by atoms with Gasteiger partial charge in [0.15, 0.2) is 0 Å². The van der Waals surface area contributed by atoms with Crippen LogP contribution in [0.15, 0.2) is 0 Å². The van der Waals surface area contributed by atoms with Crippen LogP contribution in [0.4, 0.5) is 0 Å². The van der Waals surface area contributed by atoms with Crippen molar-refractivity contribution in [3.8, 4) is 0 Å². The van der Waals surface area contributed by atoms with Crippen LogP contribution in [0.25, 0.3) is 0 Å². The first-order valence-corrected chi connectivity index (χ1v) is 9.53. The molecule has 0 rings (SSSR count). The fraction of sp³-hybridized carbons (Fsp3) is 1.00. The zero-order valence-electron chi connectivity index (χ0n) is 13.9. The molecule has 0 amide bonds. The van der Waals surface area contributed by atoms with E-state index in [-0.39, 0.29) is 0 Å². The van der Waals surface area contributed by atoms with Crippen molar-refractivity contribution in [3.63, 3.8) is 0 Å². The third-order valence-electron chi connectivity index (χ3n) is 3.71. The molecule has 0 saturated heterocycles. The first kappa shape index (κ1) is 20.1. The van der Waals surface area contributed by atoms with E-state index in [4.69, 9.17) is 9.05 Å². The van der Waals surface area contributed by atoms with Gasteiger partial charge < -0.3 is 0 Å². The molecule has 0 aliphatic heterocycles. The highest BCUT2D eigenvalue weighted by Crippen LogP contribution is 2.49. The minimum atomic E-state index is -3.02. The van der Waals surface area contributed by atoms with E-state index in [1.54, 1.807) is 11.7 Å². The second kappa shape index (κ2) is 12.8. The van der Waals surface area contributed by atoms with E-state index in [2.05, 4.69) is 6.92 Å². The van der Waals surface area contributed by atoms with Crippen LogP contribution < -0.4 is 0 Å². The molecule has 0 spiro atoms. The van der Waals surface area contributed by atoms with Gasteiger partial charge in [-0.3, -0.25) is 9.05 Å². The average molecular weight is 307 g/mol. The summed E-state index contributed by atoms with van der Waals surface area (Å²) in [5, 5.41) is 0. The molecular formula is C15H34NO3P. The summed E-state index contributed by atoms with van der Waals surface area (Å²) in [4.78, 5) is 0. The van der Waals surface area contributed by atoms with Crippen molar-refractivity contribution in [2.45, 2.75) is 71.1 Å². The van der Waals surface area contributed by atoms with Crippen LogP contribution >= 0.6 is 7.75 Å². The molecule has 20 heavy (non-hydrogen) atoms. The topological polar surface area (TPSA) is 38.8 Å². The SMILES string of the molecule is CCCCCCCCCCCCN(C)P(=O)(OC)OC. The smallest absolute Gasteiger partial charge is 0.300 e. The third-order valence-corrected chi connectivity index (χ3v) is 5.67. The Labute approximate surface area is 125 Å². The molecule has 0 saturated carbocycles. The van der Waals surface area contributed by atoms with Crippen LogP contribution in [0.1, 0.15) is 71.1 Å². The van der Waals surface area contributed by atoms with Gasteiger partial charge in [0.1, 0.15) is 0 Å². The van der Waals surface area contributed by atoms with Gasteiger partial charge in [-0.25, -0.2) is 9.24 Å². The monoisotopic (exact) mass is 307 g/mol. The summed E-state index contributed by atoms with van der Waals surface area (Å²) in [5.41, 5.74) is 0. The van der Waals surface area contributed by atoms with Crippen LogP contribution in [-0.4, -0.2) is 32.5 Å². The Kier molecular flexibility index (Phi) is 12.9. The number of nitrogens with zero attached hydrogens (tertiary/aromatic N) is 1. The van der Waals surface area contributed by atoms with E-state index in [0.717, 1.165) is 13.0 Å². The van der Waals surface area contributed by atoms with Crippen molar-refractivity contribution in [2.75, 3.05) is 27.8 Å². The van der Waals surface area contributed by atoms with Crippen molar-refractivity contribution in [3.05, 3.63) is 0 Å². The zero-order valence-corrected chi connectivity index (χ0v) is 14.8.